The number of benzene rings is 3. The molecule has 0 radical (unpaired) electrons. The highest BCUT2D eigenvalue weighted by Gasteiger charge is 2.36. The van der Waals surface area contributed by atoms with E-state index in [1.807, 2.05) is 36.4 Å². The van der Waals surface area contributed by atoms with Crippen LogP contribution in [-0.4, -0.2) is 67.9 Å². The third kappa shape index (κ3) is 4.86. The molecule has 1 amide bonds. The molecule has 0 bridgehead atoms. The molecule has 1 fully saturated rings. The Morgan fingerprint density at radius 2 is 1.76 bits per heavy atom. The molecule has 3 aliphatic rings. The lowest BCUT2D eigenvalue weighted by atomic mass is 9.90. The van der Waals surface area contributed by atoms with Gasteiger partial charge in [-0.2, -0.15) is 5.26 Å². The van der Waals surface area contributed by atoms with E-state index >= 15 is 0 Å². The molecule has 1 atom stereocenters. The van der Waals surface area contributed by atoms with Crippen LogP contribution < -0.4 is 14.8 Å². The zero-order valence-corrected chi connectivity index (χ0v) is 21.3. The van der Waals surface area contributed by atoms with Gasteiger partial charge in [-0.15, -0.1) is 0 Å². The summed E-state index contributed by atoms with van der Waals surface area (Å²) in [6.45, 7) is 6.19. The average Bonchev–Trinajstić information content (AvgIpc) is 3.28. The standard InChI is InChI=1S/C30H29N5O3/c1-34-10-12-35(13-11-34)19-20-2-6-23(7-3-20)32-29(22-5-9-26-27(17-22)38-15-14-37-26)28-24-8-4-21(18-31)16-25(24)33-30(28)36/h2-9,16-17,28H,10-15,19H2,1H3,(H,33,36). The molecule has 8 nitrogen and oxygen atoms in total. The summed E-state index contributed by atoms with van der Waals surface area (Å²) in [5.41, 5.74) is 5.36. The van der Waals surface area contributed by atoms with E-state index < -0.39 is 5.92 Å². The van der Waals surface area contributed by atoms with Crippen LogP contribution in [0.3, 0.4) is 0 Å². The van der Waals surface area contributed by atoms with Crippen LogP contribution in [0.15, 0.2) is 65.7 Å². The minimum absolute atomic E-state index is 0.171. The number of ether oxygens (including phenoxy) is 2. The quantitative estimate of drug-likeness (QED) is 0.527. The van der Waals surface area contributed by atoms with Gasteiger partial charge in [0.25, 0.3) is 0 Å². The van der Waals surface area contributed by atoms with Gasteiger partial charge in [-0.1, -0.05) is 18.2 Å². The minimum Gasteiger partial charge on any atom is -0.486 e. The molecule has 3 aromatic rings. The number of nitrogens with zero attached hydrogens (tertiary/aromatic N) is 4. The first kappa shape index (κ1) is 24.2. The van der Waals surface area contributed by atoms with Gasteiger partial charge in [0.2, 0.25) is 5.91 Å². The average molecular weight is 508 g/mol. The Kier molecular flexibility index (Phi) is 6.54. The lowest BCUT2D eigenvalue weighted by molar-refractivity contribution is -0.115. The number of carbonyl (C=O) groups excluding carboxylic acids is 1. The second-order valence-electron chi connectivity index (χ2n) is 9.94. The van der Waals surface area contributed by atoms with Crippen LogP contribution >= 0.6 is 0 Å². The van der Waals surface area contributed by atoms with Gasteiger partial charge >= 0.3 is 0 Å². The number of aliphatic imine (C=N–C) groups is 1. The van der Waals surface area contributed by atoms with E-state index in [4.69, 9.17) is 14.5 Å². The van der Waals surface area contributed by atoms with E-state index in [9.17, 15) is 10.1 Å². The van der Waals surface area contributed by atoms with Crippen molar-refractivity contribution in [2.45, 2.75) is 12.5 Å². The predicted octanol–water partition coefficient (Wildman–Crippen LogP) is 3.93. The van der Waals surface area contributed by atoms with Crippen molar-refractivity contribution in [1.29, 1.82) is 5.26 Å². The molecule has 3 heterocycles. The monoisotopic (exact) mass is 507 g/mol. The lowest BCUT2D eigenvalue weighted by Gasteiger charge is -2.32. The molecule has 0 aliphatic carbocycles. The van der Waals surface area contributed by atoms with Gasteiger partial charge in [0.05, 0.1) is 23.0 Å². The van der Waals surface area contributed by atoms with Crippen molar-refractivity contribution in [3.8, 4) is 17.6 Å². The molecule has 0 spiro atoms. The van der Waals surface area contributed by atoms with Crippen molar-refractivity contribution in [2.24, 2.45) is 4.99 Å². The topological polar surface area (TPSA) is 90.2 Å². The van der Waals surface area contributed by atoms with E-state index in [2.05, 4.69) is 40.4 Å². The summed E-state index contributed by atoms with van der Waals surface area (Å²) in [5.74, 6) is 0.533. The van der Waals surface area contributed by atoms with E-state index in [0.29, 0.717) is 41.7 Å². The number of piperazine rings is 1. The maximum absolute atomic E-state index is 13.3. The van der Waals surface area contributed by atoms with Crippen LogP contribution in [0.2, 0.25) is 0 Å². The minimum atomic E-state index is -0.620. The van der Waals surface area contributed by atoms with E-state index in [-0.39, 0.29) is 5.91 Å². The predicted molar refractivity (Wildman–Crippen MR) is 145 cm³/mol. The van der Waals surface area contributed by atoms with Crippen molar-refractivity contribution in [3.63, 3.8) is 0 Å². The van der Waals surface area contributed by atoms with Gasteiger partial charge in [0, 0.05) is 44.0 Å². The van der Waals surface area contributed by atoms with E-state index in [0.717, 1.165) is 49.5 Å². The smallest absolute Gasteiger partial charge is 0.238 e. The zero-order chi connectivity index (χ0) is 26.1. The summed E-state index contributed by atoms with van der Waals surface area (Å²) in [6, 6.07) is 21.3. The molecule has 0 saturated carbocycles. The Morgan fingerprint density at radius 1 is 1.00 bits per heavy atom. The first-order chi connectivity index (χ1) is 18.6. The van der Waals surface area contributed by atoms with Crippen LogP contribution in [0, 0.1) is 11.3 Å². The summed E-state index contributed by atoms with van der Waals surface area (Å²) < 4.78 is 11.5. The summed E-state index contributed by atoms with van der Waals surface area (Å²) in [6.07, 6.45) is 0. The Morgan fingerprint density at radius 3 is 2.53 bits per heavy atom. The maximum Gasteiger partial charge on any atom is 0.238 e. The normalized spacial score (nSPS) is 19.5. The summed E-state index contributed by atoms with van der Waals surface area (Å²) in [4.78, 5) is 23.1. The highest BCUT2D eigenvalue weighted by Crippen LogP contribution is 2.39. The highest BCUT2D eigenvalue weighted by molar-refractivity contribution is 6.24. The van der Waals surface area contributed by atoms with Crippen molar-refractivity contribution in [2.75, 3.05) is 51.8 Å². The molecule has 1 saturated heterocycles. The Balaban J connectivity index is 1.35. The molecule has 1 N–H and O–H groups in total. The Labute approximate surface area is 222 Å². The molecule has 38 heavy (non-hydrogen) atoms. The number of carbonyl (C=O) groups is 1. The molecule has 0 aromatic heterocycles. The zero-order valence-electron chi connectivity index (χ0n) is 21.3. The number of anilines is 1. The van der Waals surface area contributed by atoms with Crippen molar-refractivity contribution < 1.29 is 14.3 Å². The number of fused-ring (bicyclic) bond motifs is 2. The number of hydrogen-bond donors (Lipinski definition) is 1. The van der Waals surface area contributed by atoms with Gasteiger partial charge in [-0.05, 0) is 60.6 Å². The third-order valence-corrected chi connectivity index (χ3v) is 7.31. The number of amides is 1. The fourth-order valence-electron chi connectivity index (χ4n) is 5.18. The number of hydrogen-bond acceptors (Lipinski definition) is 7. The number of rotatable bonds is 5. The SMILES string of the molecule is CN1CCN(Cc2ccc(N=C(c3ccc4c(c3)OCCO4)C3C(=O)Nc4cc(C#N)ccc43)cc2)CC1. The molecule has 192 valence electrons. The van der Waals surface area contributed by atoms with Gasteiger partial charge in [0.15, 0.2) is 11.5 Å². The van der Waals surface area contributed by atoms with Crippen molar-refractivity contribution in [3.05, 3.63) is 82.9 Å². The van der Waals surface area contributed by atoms with Crippen molar-refractivity contribution >= 4 is 23.0 Å². The summed E-state index contributed by atoms with van der Waals surface area (Å²) in [7, 11) is 2.16. The number of nitrogens with one attached hydrogen (secondary N) is 1. The molecule has 1 unspecified atom stereocenters. The molecule has 3 aromatic carbocycles. The van der Waals surface area contributed by atoms with Crippen LogP contribution in [0.4, 0.5) is 11.4 Å². The van der Waals surface area contributed by atoms with Crippen LogP contribution in [-0.2, 0) is 11.3 Å². The largest absolute Gasteiger partial charge is 0.486 e. The second kappa shape index (κ2) is 10.3. The van der Waals surface area contributed by atoms with Crippen LogP contribution in [0.1, 0.15) is 28.2 Å². The Bertz CT molecular complexity index is 1440. The molecule has 6 rings (SSSR count). The van der Waals surface area contributed by atoms with Gasteiger partial charge < -0.3 is 19.7 Å². The second-order valence-corrected chi connectivity index (χ2v) is 9.94. The first-order valence-electron chi connectivity index (χ1n) is 12.9. The maximum atomic E-state index is 13.3. The van der Waals surface area contributed by atoms with Gasteiger partial charge in [0.1, 0.15) is 19.1 Å². The van der Waals surface area contributed by atoms with Crippen LogP contribution in [0.25, 0.3) is 0 Å². The highest BCUT2D eigenvalue weighted by atomic mass is 16.6. The number of nitriles is 1. The summed E-state index contributed by atoms with van der Waals surface area (Å²) in [5, 5.41) is 12.3. The molecular formula is C30H29N5O3. The fourth-order valence-corrected chi connectivity index (χ4v) is 5.18. The molecule has 8 heteroatoms. The fraction of sp³-hybridized carbons (Fsp3) is 0.300. The van der Waals surface area contributed by atoms with E-state index in [1.54, 1.807) is 12.1 Å². The van der Waals surface area contributed by atoms with E-state index in [1.165, 1.54) is 5.56 Å². The number of likely N-dealkylation sites (N-methyl/N-ethyl adjacent to an activating group) is 1. The third-order valence-electron chi connectivity index (χ3n) is 7.31. The van der Waals surface area contributed by atoms with Crippen LogP contribution in [0.5, 0.6) is 11.5 Å². The molecular weight excluding hydrogens is 478 g/mol. The lowest BCUT2D eigenvalue weighted by Crippen LogP contribution is -2.43. The molecule has 3 aliphatic heterocycles. The van der Waals surface area contributed by atoms with Gasteiger partial charge in [-0.3, -0.25) is 14.7 Å². The summed E-state index contributed by atoms with van der Waals surface area (Å²) >= 11 is 0. The first-order valence-corrected chi connectivity index (χ1v) is 12.9. The van der Waals surface area contributed by atoms with Gasteiger partial charge in [-0.25, -0.2) is 0 Å². The Hall–Kier alpha value is -4.19. The van der Waals surface area contributed by atoms with Crippen molar-refractivity contribution in [1.82, 2.24) is 9.80 Å².